The Labute approximate surface area is 126 Å². The summed E-state index contributed by atoms with van der Waals surface area (Å²) in [6.07, 6.45) is 0. The number of hydrogen-bond donors (Lipinski definition) is 1. The van der Waals surface area contributed by atoms with Crippen molar-refractivity contribution in [2.24, 2.45) is 0 Å². The molecule has 1 saturated heterocycles. The van der Waals surface area contributed by atoms with Gasteiger partial charge in [0.1, 0.15) is 0 Å². The monoisotopic (exact) mass is 352 g/mol. The van der Waals surface area contributed by atoms with Crippen LogP contribution in [0.2, 0.25) is 5.02 Å². The molecular weight excluding hydrogens is 339 g/mol. The molecule has 18 heavy (non-hydrogen) atoms. The zero-order chi connectivity index (χ0) is 12.4. The van der Waals surface area contributed by atoms with Crippen molar-refractivity contribution in [2.45, 2.75) is 13.0 Å². The average molecular weight is 354 g/mol. The molecule has 1 aliphatic heterocycles. The van der Waals surface area contributed by atoms with E-state index in [-0.39, 0.29) is 18.3 Å². The summed E-state index contributed by atoms with van der Waals surface area (Å²) in [5.74, 6) is 0.0573. The highest BCUT2D eigenvalue weighted by Gasteiger charge is 2.22. The predicted octanol–water partition coefficient (Wildman–Crippen LogP) is 2.96. The smallest absolute Gasteiger partial charge is 0.255 e. The van der Waals surface area contributed by atoms with Crippen molar-refractivity contribution in [3.8, 4) is 0 Å². The van der Waals surface area contributed by atoms with Gasteiger partial charge in [-0.15, -0.1) is 12.4 Å². The third kappa shape index (κ3) is 3.60. The summed E-state index contributed by atoms with van der Waals surface area (Å²) in [4.78, 5) is 14.2. The molecule has 0 unspecified atom stereocenters. The Morgan fingerprint density at radius 3 is 2.89 bits per heavy atom. The van der Waals surface area contributed by atoms with Gasteiger partial charge in [-0.2, -0.15) is 0 Å². The lowest BCUT2D eigenvalue weighted by molar-refractivity contribution is 0.0708. The second-order valence-corrected chi connectivity index (χ2v) is 5.52. The van der Waals surface area contributed by atoms with E-state index in [0.29, 0.717) is 16.6 Å². The van der Waals surface area contributed by atoms with E-state index in [1.54, 1.807) is 18.2 Å². The number of halogens is 3. The first-order valence-electron chi connectivity index (χ1n) is 5.55. The first-order valence-corrected chi connectivity index (χ1v) is 6.72. The van der Waals surface area contributed by atoms with E-state index in [2.05, 4.69) is 28.2 Å². The fourth-order valence-electron chi connectivity index (χ4n) is 1.95. The summed E-state index contributed by atoms with van der Waals surface area (Å²) in [7, 11) is 0. The molecule has 0 bridgehead atoms. The minimum Gasteiger partial charge on any atom is -0.336 e. The van der Waals surface area contributed by atoms with Crippen LogP contribution in [0.15, 0.2) is 22.7 Å². The zero-order valence-corrected chi connectivity index (χ0v) is 13.1. The van der Waals surface area contributed by atoms with E-state index in [4.69, 9.17) is 11.6 Å². The van der Waals surface area contributed by atoms with Crippen molar-refractivity contribution >= 4 is 45.8 Å². The van der Waals surface area contributed by atoms with E-state index >= 15 is 0 Å². The molecular formula is C12H15BrCl2N2O. The van der Waals surface area contributed by atoms with Gasteiger partial charge in [0.05, 0.1) is 5.56 Å². The maximum absolute atomic E-state index is 12.3. The summed E-state index contributed by atoms with van der Waals surface area (Å²) in [5, 5.41) is 3.94. The van der Waals surface area contributed by atoms with E-state index in [9.17, 15) is 4.79 Å². The molecule has 1 N–H and O–H groups in total. The molecule has 1 heterocycles. The van der Waals surface area contributed by atoms with Gasteiger partial charge in [-0.25, -0.2) is 0 Å². The lowest BCUT2D eigenvalue weighted by atomic mass is 10.1. The molecule has 100 valence electrons. The fourth-order valence-corrected chi connectivity index (χ4v) is 2.80. The third-order valence-corrected chi connectivity index (χ3v) is 3.71. The number of rotatable bonds is 1. The summed E-state index contributed by atoms with van der Waals surface area (Å²) in [6, 6.07) is 5.60. The van der Waals surface area contributed by atoms with Crippen LogP contribution in [-0.4, -0.2) is 36.5 Å². The van der Waals surface area contributed by atoms with Crippen LogP contribution in [0.4, 0.5) is 0 Å². The standard InChI is InChI=1S/C12H14BrClN2O.ClH/c1-8-7-16(5-4-15-8)12(17)10-3-2-9(14)6-11(10)13;/h2-3,6,8,15H,4-5,7H2,1H3;1H/t8-;/m1./s1. The third-order valence-electron chi connectivity index (χ3n) is 2.82. The summed E-state index contributed by atoms with van der Waals surface area (Å²) < 4.78 is 0.751. The topological polar surface area (TPSA) is 32.3 Å². The molecule has 0 saturated carbocycles. The molecule has 0 aromatic heterocycles. The minimum absolute atomic E-state index is 0. The fraction of sp³-hybridized carbons (Fsp3) is 0.417. The van der Waals surface area contributed by atoms with Gasteiger partial charge >= 0.3 is 0 Å². The molecule has 0 spiro atoms. The summed E-state index contributed by atoms with van der Waals surface area (Å²) >= 11 is 9.25. The molecule has 0 aliphatic carbocycles. The van der Waals surface area contributed by atoms with Crippen LogP contribution in [0.25, 0.3) is 0 Å². The highest BCUT2D eigenvalue weighted by Crippen LogP contribution is 2.23. The van der Waals surface area contributed by atoms with Gasteiger partial charge in [-0.1, -0.05) is 11.6 Å². The Bertz CT molecular complexity index is 442. The molecule has 1 fully saturated rings. The predicted molar refractivity (Wildman–Crippen MR) is 79.8 cm³/mol. The van der Waals surface area contributed by atoms with Gasteiger partial charge < -0.3 is 10.2 Å². The first-order chi connectivity index (χ1) is 8.08. The van der Waals surface area contributed by atoms with Crippen LogP contribution in [0.3, 0.4) is 0 Å². The number of amides is 1. The van der Waals surface area contributed by atoms with Gasteiger partial charge in [0.15, 0.2) is 0 Å². The van der Waals surface area contributed by atoms with E-state index in [0.717, 1.165) is 24.1 Å². The Kier molecular flexibility index (Phi) is 5.92. The first kappa shape index (κ1) is 15.8. The van der Waals surface area contributed by atoms with Crippen molar-refractivity contribution in [3.63, 3.8) is 0 Å². The molecule has 3 nitrogen and oxygen atoms in total. The van der Waals surface area contributed by atoms with Crippen molar-refractivity contribution in [1.29, 1.82) is 0 Å². The van der Waals surface area contributed by atoms with Crippen molar-refractivity contribution in [3.05, 3.63) is 33.3 Å². The minimum atomic E-state index is 0. The normalized spacial score (nSPS) is 19.3. The lowest BCUT2D eigenvalue weighted by Crippen LogP contribution is -2.51. The van der Waals surface area contributed by atoms with Crippen molar-refractivity contribution < 1.29 is 4.79 Å². The maximum Gasteiger partial charge on any atom is 0.255 e. The number of nitrogens with one attached hydrogen (secondary N) is 1. The molecule has 2 rings (SSSR count). The Morgan fingerprint density at radius 1 is 1.56 bits per heavy atom. The molecule has 1 aromatic rings. The number of carbonyl (C=O) groups is 1. The zero-order valence-electron chi connectivity index (χ0n) is 9.95. The highest BCUT2D eigenvalue weighted by molar-refractivity contribution is 9.10. The van der Waals surface area contributed by atoms with Crippen LogP contribution in [-0.2, 0) is 0 Å². The average Bonchev–Trinajstić information content (AvgIpc) is 2.28. The molecule has 6 heteroatoms. The molecule has 1 aliphatic rings. The van der Waals surface area contributed by atoms with Crippen LogP contribution < -0.4 is 5.32 Å². The molecule has 0 radical (unpaired) electrons. The maximum atomic E-state index is 12.3. The number of benzene rings is 1. The molecule has 1 amide bonds. The van der Waals surface area contributed by atoms with Crippen molar-refractivity contribution in [1.82, 2.24) is 10.2 Å². The van der Waals surface area contributed by atoms with Gasteiger partial charge in [0.2, 0.25) is 0 Å². The number of piperazine rings is 1. The molecule has 1 atom stereocenters. The quantitative estimate of drug-likeness (QED) is 0.841. The Morgan fingerprint density at radius 2 is 2.28 bits per heavy atom. The van der Waals surface area contributed by atoms with Crippen molar-refractivity contribution in [2.75, 3.05) is 19.6 Å². The van der Waals surface area contributed by atoms with Gasteiger partial charge in [-0.3, -0.25) is 4.79 Å². The summed E-state index contributed by atoms with van der Waals surface area (Å²) in [6.45, 7) is 4.42. The Hall–Kier alpha value is -0.290. The Balaban J connectivity index is 0.00000162. The van der Waals surface area contributed by atoms with E-state index < -0.39 is 0 Å². The van der Waals surface area contributed by atoms with Crippen LogP contribution in [0, 0.1) is 0 Å². The number of carbonyl (C=O) groups excluding carboxylic acids is 1. The lowest BCUT2D eigenvalue weighted by Gasteiger charge is -2.32. The number of hydrogen-bond acceptors (Lipinski definition) is 2. The van der Waals surface area contributed by atoms with Crippen LogP contribution >= 0.6 is 39.9 Å². The van der Waals surface area contributed by atoms with Gasteiger partial charge in [0.25, 0.3) is 5.91 Å². The van der Waals surface area contributed by atoms with E-state index in [1.165, 1.54) is 0 Å². The SMILES string of the molecule is C[C@@H]1CN(C(=O)c2ccc(Cl)cc2Br)CCN1.Cl. The largest absolute Gasteiger partial charge is 0.336 e. The van der Waals surface area contributed by atoms with Gasteiger partial charge in [0, 0.05) is 35.2 Å². The second kappa shape index (κ2) is 6.75. The number of nitrogens with zero attached hydrogens (tertiary/aromatic N) is 1. The molecule has 1 aromatic carbocycles. The van der Waals surface area contributed by atoms with E-state index in [1.807, 2.05) is 4.90 Å². The second-order valence-electron chi connectivity index (χ2n) is 4.23. The summed E-state index contributed by atoms with van der Waals surface area (Å²) in [5.41, 5.74) is 0.670. The highest BCUT2D eigenvalue weighted by atomic mass is 79.9. The van der Waals surface area contributed by atoms with Gasteiger partial charge in [-0.05, 0) is 41.1 Å². The van der Waals surface area contributed by atoms with Crippen LogP contribution in [0.1, 0.15) is 17.3 Å². The van der Waals surface area contributed by atoms with Crippen LogP contribution in [0.5, 0.6) is 0 Å².